The van der Waals surface area contributed by atoms with Crippen LogP contribution in [-0.2, 0) is 12.1 Å². The first-order valence-electron chi connectivity index (χ1n) is 12.0. The third-order valence-corrected chi connectivity index (χ3v) is 6.34. The molecule has 0 atom stereocenters. The van der Waals surface area contributed by atoms with Crippen LogP contribution in [0.4, 0.5) is 0 Å². The second-order valence-corrected chi connectivity index (χ2v) is 9.93. The molecule has 0 radical (unpaired) electrons. The van der Waals surface area contributed by atoms with Crippen LogP contribution in [0.5, 0.6) is 0 Å². The van der Waals surface area contributed by atoms with Crippen LogP contribution in [-0.4, -0.2) is 35.2 Å². The summed E-state index contributed by atoms with van der Waals surface area (Å²) in [6.07, 6.45) is 8.20. The summed E-state index contributed by atoms with van der Waals surface area (Å²) in [7, 11) is 0. The van der Waals surface area contributed by atoms with E-state index in [9.17, 15) is 9.59 Å². The largest absolute Gasteiger partial charge is 0.340 e. The van der Waals surface area contributed by atoms with Crippen LogP contribution in [0.3, 0.4) is 0 Å². The van der Waals surface area contributed by atoms with E-state index < -0.39 is 5.54 Å². The normalized spacial score (nSPS) is 14.6. The van der Waals surface area contributed by atoms with Gasteiger partial charge in [-0.05, 0) is 43.7 Å². The van der Waals surface area contributed by atoms with Gasteiger partial charge in [0.25, 0.3) is 11.5 Å². The third-order valence-electron chi connectivity index (χ3n) is 6.34. The number of benzene rings is 1. The van der Waals surface area contributed by atoms with E-state index in [0.717, 1.165) is 29.4 Å². The molecule has 3 aromatic heterocycles. The predicted octanol–water partition coefficient (Wildman–Crippen LogP) is 3.71. The second kappa shape index (κ2) is 8.72. The van der Waals surface area contributed by atoms with Gasteiger partial charge in [-0.25, -0.2) is 19.6 Å². The highest BCUT2D eigenvalue weighted by Crippen LogP contribution is 2.46. The van der Waals surface area contributed by atoms with Gasteiger partial charge in [-0.2, -0.15) is 5.10 Å². The van der Waals surface area contributed by atoms with Crippen LogP contribution in [0.25, 0.3) is 22.2 Å². The van der Waals surface area contributed by atoms with Gasteiger partial charge >= 0.3 is 0 Å². The van der Waals surface area contributed by atoms with Crippen molar-refractivity contribution in [2.45, 2.75) is 58.7 Å². The fourth-order valence-corrected chi connectivity index (χ4v) is 4.35. The highest BCUT2D eigenvalue weighted by molar-refractivity contribution is 5.93. The number of rotatable bonds is 7. The number of amides is 1. The standard InChI is InChI=1S/C26H29N7O2/c1-16(2)14-32-15-27-13-21(25(32)35)18-5-7-20(8-6-18)26(9-10-26)31-24(34)22-28-11-19-12-29-33(17(3)4)23(19)30-22/h5-8,11-13,15-17H,9-10,14H2,1-4H3,(H,31,34). The molecule has 5 rings (SSSR count). The number of aromatic nitrogens is 6. The number of nitrogens with one attached hydrogen (secondary N) is 1. The maximum absolute atomic E-state index is 13.1. The highest BCUT2D eigenvalue weighted by Gasteiger charge is 2.46. The molecule has 35 heavy (non-hydrogen) atoms. The van der Waals surface area contributed by atoms with E-state index in [1.165, 1.54) is 0 Å². The Labute approximate surface area is 203 Å². The smallest absolute Gasteiger partial charge is 0.289 e. The minimum Gasteiger partial charge on any atom is -0.340 e. The summed E-state index contributed by atoms with van der Waals surface area (Å²) in [5.41, 5.74) is 2.52. The maximum atomic E-state index is 13.1. The van der Waals surface area contributed by atoms with Gasteiger partial charge in [0.15, 0.2) is 5.65 Å². The Morgan fingerprint density at radius 3 is 2.49 bits per heavy atom. The number of fused-ring (bicyclic) bond motifs is 1. The minimum absolute atomic E-state index is 0.0518. The van der Waals surface area contributed by atoms with E-state index >= 15 is 0 Å². The lowest BCUT2D eigenvalue weighted by Gasteiger charge is -2.18. The Morgan fingerprint density at radius 2 is 1.83 bits per heavy atom. The lowest BCUT2D eigenvalue weighted by Crippen LogP contribution is -2.36. The first-order valence-corrected chi connectivity index (χ1v) is 12.0. The zero-order valence-electron chi connectivity index (χ0n) is 20.4. The lowest BCUT2D eigenvalue weighted by atomic mass is 10.0. The number of nitrogens with zero attached hydrogens (tertiary/aromatic N) is 6. The average Bonchev–Trinajstić information content (AvgIpc) is 3.48. The molecule has 1 saturated carbocycles. The molecule has 9 nitrogen and oxygen atoms in total. The molecule has 4 aromatic rings. The highest BCUT2D eigenvalue weighted by atomic mass is 16.2. The number of hydrogen-bond acceptors (Lipinski definition) is 6. The summed E-state index contributed by atoms with van der Waals surface area (Å²) in [5, 5.41) is 8.28. The van der Waals surface area contributed by atoms with Crippen molar-refractivity contribution in [2.24, 2.45) is 5.92 Å². The first-order chi connectivity index (χ1) is 16.8. The Hall–Kier alpha value is -3.88. The molecule has 0 spiro atoms. The van der Waals surface area contributed by atoms with E-state index in [-0.39, 0.29) is 23.3 Å². The van der Waals surface area contributed by atoms with Crippen molar-refractivity contribution in [3.63, 3.8) is 0 Å². The zero-order chi connectivity index (χ0) is 24.7. The summed E-state index contributed by atoms with van der Waals surface area (Å²) in [4.78, 5) is 38.9. The van der Waals surface area contributed by atoms with Crippen molar-refractivity contribution in [1.82, 2.24) is 34.6 Å². The summed E-state index contributed by atoms with van der Waals surface area (Å²) in [5.74, 6) is 0.166. The fraction of sp³-hybridized carbons (Fsp3) is 0.385. The van der Waals surface area contributed by atoms with E-state index in [4.69, 9.17) is 0 Å². The number of carbonyl (C=O) groups is 1. The summed E-state index contributed by atoms with van der Waals surface area (Å²) < 4.78 is 3.44. The van der Waals surface area contributed by atoms with Gasteiger partial charge in [-0.3, -0.25) is 14.2 Å². The molecule has 0 saturated heterocycles. The second-order valence-electron chi connectivity index (χ2n) is 9.93. The third kappa shape index (κ3) is 4.34. The van der Waals surface area contributed by atoms with Crippen LogP contribution in [0.15, 0.2) is 54.0 Å². The Kier molecular flexibility index (Phi) is 5.70. The van der Waals surface area contributed by atoms with Gasteiger partial charge in [0.1, 0.15) is 0 Å². The number of hydrogen-bond donors (Lipinski definition) is 1. The SMILES string of the molecule is CC(C)Cn1cncc(-c2ccc(C3(NC(=O)c4ncc5cnn(C(C)C)c5n4)CC3)cc2)c1=O. The van der Waals surface area contributed by atoms with Crippen LogP contribution in [0.1, 0.15) is 62.8 Å². The molecule has 1 fully saturated rings. The van der Waals surface area contributed by atoms with Crippen molar-refractivity contribution in [3.8, 4) is 11.1 Å². The predicted molar refractivity (Wildman–Crippen MR) is 133 cm³/mol. The topological polar surface area (TPSA) is 108 Å². The van der Waals surface area contributed by atoms with Gasteiger partial charge in [0.05, 0.1) is 29.0 Å². The molecule has 1 amide bonds. The Bertz CT molecular complexity index is 1450. The van der Waals surface area contributed by atoms with Crippen molar-refractivity contribution in [3.05, 3.63) is 70.9 Å². The van der Waals surface area contributed by atoms with Crippen molar-refractivity contribution in [1.29, 1.82) is 0 Å². The van der Waals surface area contributed by atoms with E-state index in [1.807, 2.05) is 38.1 Å². The van der Waals surface area contributed by atoms with E-state index in [1.54, 1.807) is 34.2 Å². The van der Waals surface area contributed by atoms with Crippen LogP contribution in [0.2, 0.25) is 0 Å². The van der Waals surface area contributed by atoms with Crippen LogP contribution in [0, 0.1) is 5.92 Å². The maximum Gasteiger partial charge on any atom is 0.289 e. The minimum atomic E-state index is -0.445. The molecule has 3 heterocycles. The molecule has 0 bridgehead atoms. The molecule has 1 N–H and O–H groups in total. The number of carbonyl (C=O) groups excluding carboxylic acids is 1. The monoisotopic (exact) mass is 471 g/mol. The van der Waals surface area contributed by atoms with E-state index in [0.29, 0.717) is 23.7 Å². The lowest BCUT2D eigenvalue weighted by molar-refractivity contribution is 0.0920. The summed E-state index contributed by atoms with van der Waals surface area (Å²) in [6, 6.07) is 7.91. The zero-order valence-corrected chi connectivity index (χ0v) is 20.4. The van der Waals surface area contributed by atoms with Crippen LogP contribution < -0.4 is 10.9 Å². The molecular weight excluding hydrogens is 442 g/mol. The van der Waals surface area contributed by atoms with Gasteiger partial charge in [-0.1, -0.05) is 38.1 Å². The fourth-order valence-electron chi connectivity index (χ4n) is 4.35. The van der Waals surface area contributed by atoms with Crippen LogP contribution >= 0.6 is 0 Å². The molecule has 1 aromatic carbocycles. The molecule has 9 heteroatoms. The quantitative estimate of drug-likeness (QED) is 0.440. The summed E-state index contributed by atoms with van der Waals surface area (Å²) in [6.45, 7) is 8.79. The Balaban J connectivity index is 1.37. The Morgan fingerprint density at radius 1 is 1.09 bits per heavy atom. The average molecular weight is 472 g/mol. The summed E-state index contributed by atoms with van der Waals surface area (Å²) >= 11 is 0. The first kappa shape index (κ1) is 22.9. The van der Waals surface area contributed by atoms with Crippen molar-refractivity contribution >= 4 is 16.9 Å². The van der Waals surface area contributed by atoms with Crippen molar-refractivity contribution in [2.75, 3.05) is 0 Å². The molecule has 0 unspecified atom stereocenters. The van der Waals surface area contributed by atoms with E-state index in [2.05, 4.69) is 39.2 Å². The molecule has 1 aliphatic rings. The van der Waals surface area contributed by atoms with Gasteiger partial charge < -0.3 is 5.32 Å². The van der Waals surface area contributed by atoms with Gasteiger partial charge in [-0.15, -0.1) is 0 Å². The molecule has 0 aliphatic heterocycles. The van der Waals surface area contributed by atoms with Gasteiger partial charge in [0.2, 0.25) is 5.82 Å². The molecular formula is C26H29N7O2. The molecule has 180 valence electrons. The molecule has 1 aliphatic carbocycles. The van der Waals surface area contributed by atoms with Gasteiger partial charge in [0, 0.05) is 25.0 Å². The van der Waals surface area contributed by atoms with Crippen molar-refractivity contribution < 1.29 is 4.79 Å².